The Hall–Kier alpha value is -0.610. The SMILES string of the molecule is CC(CN)CN1CCN(C(=O)C(C)C)CC1. The van der Waals surface area contributed by atoms with E-state index in [1.807, 2.05) is 18.7 Å². The Morgan fingerprint density at radius 1 is 1.19 bits per heavy atom. The van der Waals surface area contributed by atoms with Gasteiger partial charge in [-0.2, -0.15) is 0 Å². The van der Waals surface area contributed by atoms with Crippen LogP contribution in [0.3, 0.4) is 0 Å². The first-order chi connectivity index (χ1) is 7.54. The molecule has 1 aliphatic heterocycles. The standard InChI is InChI=1S/C12H25N3O/c1-10(2)12(16)15-6-4-14(5-7-15)9-11(3)8-13/h10-11H,4-9,13H2,1-3H3. The van der Waals surface area contributed by atoms with Gasteiger partial charge in [0.2, 0.25) is 5.91 Å². The van der Waals surface area contributed by atoms with Crippen LogP contribution in [0.4, 0.5) is 0 Å². The van der Waals surface area contributed by atoms with Gasteiger partial charge in [-0.3, -0.25) is 9.69 Å². The molecular weight excluding hydrogens is 202 g/mol. The Labute approximate surface area is 98.8 Å². The highest BCUT2D eigenvalue weighted by molar-refractivity contribution is 5.78. The second kappa shape index (κ2) is 6.21. The highest BCUT2D eigenvalue weighted by Crippen LogP contribution is 2.08. The van der Waals surface area contributed by atoms with Crippen molar-refractivity contribution < 1.29 is 4.79 Å². The van der Waals surface area contributed by atoms with Gasteiger partial charge < -0.3 is 10.6 Å². The Kier molecular flexibility index (Phi) is 5.22. The normalized spacial score (nSPS) is 20.2. The predicted molar refractivity (Wildman–Crippen MR) is 66.1 cm³/mol. The van der Waals surface area contributed by atoms with Gasteiger partial charge in [0.05, 0.1) is 0 Å². The molecule has 1 rings (SSSR count). The number of piperazine rings is 1. The molecule has 0 radical (unpaired) electrons. The maximum absolute atomic E-state index is 11.8. The Morgan fingerprint density at radius 2 is 1.75 bits per heavy atom. The van der Waals surface area contributed by atoms with Crippen molar-refractivity contribution in [3.63, 3.8) is 0 Å². The third-order valence-corrected chi connectivity index (χ3v) is 3.15. The molecule has 0 aromatic rings. The van der Waals surface area contributed by atoms with E-state index in [9.17, 15) is 4.79 Å². The molecule has 0 aromatic heterocycles. The molecule has 4 heteroatoms. The molecule has 94 valence electrons. The van der Waals surface area contributed by atoms with Crippen molar-refractivity contribution in [3.05, 3.63) is 0 Å². The van der Waals surface area contributed by atoms with Gasteiger partial charge in [-0.25, -0.2) is 0 Å². The second-order valence-corrected chi connectivity index (χ2v) is 5.12. The van der Waals surface area contributed by atoms with E-state index in [-0.39, 0.29) is 11.8 Å². The number of carbonyl (C=O) groups is 1. The summed E-state index contributed by atoms with van der Waals surface area (Å²) in [6.45, 7) is 11.6. The van der Waals surface area contributed by atoms with Crippen LogP contribution in [0.1, 0.15) is 20.8 Å². The summed E-state index contributed by atoms with van der Waals surface area (Å²) in [6.07, 6.45) is 0. The van der Waals surface area contributed by atoms with Crippen molar-refractivity contribution in [2.45, 2.75) is 20.8 Å². The summed E-state index contributed by atoms with van der Waals surface area (Å²) in [7, 11) is 0. The largest absolute Gasteiger partial charge is 0.340 e. The summed E-state index contributed by atoms with van der Waals surface area (Å²) in [6, 6.07) is 0. The van der Waals surface area contributed by atoms with Crippen LogP contribution in [0.5, 0.6) is 0 Å². The lowest BCUT2D eigenvalue weighted by Gasteiger charge is -2.36. The lowest BCUT2D eigenvalue weighted by atomic mass is 10.1. The molecule has 0 spiro atoms. The average molecular weight is 227 g/mol. The van der Waals surface area contributed by atoms with Gasteiger partial charge in [-0.15, -0.1) is 0 Å². The first-order valence-electron chi connectivity index (χ1n) is 6.25. The Bertz CT molecular complexity index is 222. The number of hydrogen-bond donors (Lipinski definition) is 1. The van der Waals surface area contributed by atoms with E-state index in [1.165, 1.54) is 0 Å². The van der Waals surface area contributed by atoms with Gasteiger partial charge in [0, 0.05) is 38.6 Å². The highest BCUT2D eigenvalue weighted by atomic mass is 16.2. The highest BCUT2D eigenvalue weighted by Gasteiger charge is 2.23. The van der Waals surface area contributed by atoms with Crippen LogP contribution in [0.15, 0.2) is 0 Å². The second-order valence-electron chi connectivity index (χ2n) is 5.12. The monoisotopic (exact) mass is 227 g/mol. The van der Waals surface area contributed by atoms with Crippen molar-refractivity contribution in [1.82, 2.24) is 9.80 Å². The van der Waals surface area contributed by atoms with Crippen molar-refractivity contribution in [3.8, 4) is 0 Å². The van der Waals surface area contributed by atoms with Gasteiger partial charge in [0.1, 0.15) is 0 Å². The quantitative estimate of drug-likeness (QED) is 0.755. The minimum atomic E-state index is 0.120. The summed E-state index contributed by atoms with van der Waals surface area (Å²) < 4.78 is 0. The first-order valence-corrected chi connectivity index (χ1v) is 6.25. The van der Waals surface area contributed by atoms with Crippen molar-refractivity contribution in [2.24, 2.45) is 17.6 Å². The maximum Gasteiger partial charge on any atom is 0.225 e. The van der Waals surface area contributed by atoms with Crippen molar-refractivity contribution >= 4 is 5.91 Å². The summed E-state index contributed by atoms with van der Waals surface area (Å²) >= 11 is 0. The molecule has 2 N–H and O–H groups in total. The number of nitrogens with zero attached hydrogens (tertiary/aromatic N) is 2. The zero-order chi connectivity index (χ0) is 12.1. The average Bonchev–Trinajstić information content (AvgIpc) is 2.28. The van der Waals surface area contributed by atoms with Crippen molar-refractivity contribution in [1.29, 1.82) is 0 Å². The zero-order valence-electron chi connectivity index (χ0n) is 10.8. The topological polar surface area (TPSA) is 49.6 Å². The van der Waals surface area contributed by atoms with Gasteiger partial charge >= 0.3 is 0 Å². The molecule has 0 aliphatic carbocycles. The third kappa shape index (κ3) is 3.76. The van der Waals surface area contributed by atoms with E-state index in [0.717, 1.165) is 39.3 Å². The fourth-order valence-corrected chi connectivity index (χ4v) is 2.03. The molecule has 1 unspecified atom stereocenters. The van der Waals surface area contributed by atoms with E-state index >= 15 is 0 Å². The van der Waals surface area contributed by atoms with Crippen LogP contribution in [0.2, 0.25) is 0 Å². The molecule has 1 heterocycles. The van der Waals surface area contributed by atoms with Crippen LogP contribution in [0, 0.1) is 11.8 Å². The molecule has 16 heavy (non-hydrogen) atoms. The van der Waals surface area contributed by atoms with E-state index in [4.69, 9.17) is 5.73 Å². The van der Waals surface area contributed by atoms with E-state index < -0.39 is 0 Å². The molecule has 1 aliphatic rings. The maximum atomic E-state index is 11.8. The smallest absolute Gasteiger partial charge is 0.225 e. The number of rotatable bonds is 4. The van der Waals surface area contributed by atoms with E-state index in [2.05, 4.69) is 11.8 Å². The van der Waals surface area contributed by atoms with Gasteiger partial charge in [-0.05, 0) is 12.5 Å². The lowest BCUT2D eigenvalue weighted by molar-refractivity contribution is -0.136. The van der Waals surface area contributed by atoms with Gasteiger partial charge in [0.15, 0.2) is 0 Å². The first kappa shape index (κ1) is 13.5. The molecule has 0 bridgehead atoms. The van der Waals surface area contributed by atoms with Crippen molar-refractivity contribution in [2.75, 3.05) is 39.3 Å². The Morgan fingerprint density at radius 3 is 2.19 bits per heavy atom. The number of nitrogens with two attached hydrogens (primary N) is 1. The number of hydrogen-bond acceptors (Lipinski definition) is 3. The molecule has 0 aromatic carbocycles. The Balaban J connectivity index is 2.31. The molecular formula is C12H25N3O. The molecule has 1 fully saturated rings. The minimum absolute atomic E-state index is 0.120. The van der Waals surface area contributed by atoms with E-state index in [0.29, 0.717) is 5.92 Å². The zero-order valence-corrected chi connectivity index (χ0v) is 10.8. The van der Waals surface area contributed by atoms with Crippen LogP contribution >= 0.6 is 0 Å². The third-order valence-electron chi connectivity index (χ3n) is 3.15. The summed E-state index contributed by atoms with van der Waals surface area (Å²) in [5.74, 6) is 0.952. The summed E-state index contributed by atoms with van der Waals surface area (Å²) in [4.78, 5) is 16.2. The van der Waals surface area contributed by atoms with Crippen LogP contribution in [-0.2, 0) is 4.79 Å². The van der Waals surface area contributed by atoms with Crippen LogP contribution < -0.4 is 5.73 Å². The molecule has 1 atom stereocenters. The van der Waals surface area contributed by atoms with Gasteiger partial charge in [0.25, 0.3) is 0 Å². The summed E-state index contributed by atoms with van der Waals surface area (Å²) in [5, 5.41) is 0. The molecule has 1 amide bonds. The fourth-order valence-electron chi connectivity index (χ4n) is 2.03. The van der Waals surface area contributed by atoms with Crippen LogP contribution in [0.25, 0.3) is 0 Å². The van der Waals surface area contributed by atoms with Crippen LogP contribution in [-0.4, -0.2) is 55.0 Å². The molecule has 1 saturated heterocycles. The predicted octanol–water partition coefficient (Wildman–Crippen LogP) is 0.381. The fraction of sp³-hybridized carbons (Fsp3) is 0.917. The number of amides is 1. The minimum Gasteiger partial charge on any atom is -0.340 e. The van der Waals surface area contributed by atoms with Gasteiger partial charge in [-0.1, -0.05) is 20.8 Å². The summed E-state index contributed by atoms with van der Waals surface area (Å²) in [5.41, 5.74) is 5.61. The lowest BCUT2D eigenvalue weighted by Crippen LogP contribution is -2.50. The number of carbonyl (C=O) groups excluding carboxylic acids is 1. The van der Waals surface area contributed by atoms with E-state index in [1.54, 1.807) is 0 Å². The molecule has 4 nitrogen and oxygen atoms in total. The molecule has 0 saturated carbocycles.